The number of hydrogen-bond acceptors (Lipinski definition) is 2. The van der Waals surface area contributed by atoms with Crippen molar-refractivity contribution < 1.29 is 0 Å². The molecule has 1 aromatic heterocycles. The van der Waals surface area contributed by atoms with Crippen LogP contribution >= 0.6 is 0 Å². The fourth-order valence-electron chi connectivity index (χ4n) is 1.53. The Bertz CT molecular complexity index is 266. The van der Waals surface area contributed by atoms with Crippen molar-refractivity contribution >= 4 is 0 Å². The summed E-state index contributed by atoms with van der Waals surface area (Å²) >= 11 is 0. The first kappa shape index (κ1) is 12.3. The molecule has 0 fully saturated rings. The molecular weight excluding hydrogens is 186 g/mol. The van der Waals surface area contributed by atoms with Gasteiger partial charge in [-0.15, -0.1) is 0 Å². The molecule has 3 heteroatoms. The second kappa shape index (κ2) is 6.64. The first-order chi connectivity index (χ1) is 7.22. The number of hydrogen-bond donors (Lipinski definition) is 1. The molecule has 0 aliphatic rings. The van der Waals surface area contributed by atoms with E-state index < -0.39 is 0 Å². The van der Waals surface area contributed by atoms with Crippen LogP contribution in [-0.2, 0) is 13.1 Å². The van der Waals surface area contributed by atoms with E-state index in [2.05, 4.69) is 54.3 Å². The molecule has 0 amide bonds. The minimum atomic E-state index is 0.977. The molecular formula is C12H23N3. The summed E-state index contributed by atoms with van der Waals surface area (Å²) in [5.41, 5.74) is 1.38. The lowest BCUT2D eigenvalue weighted by Crippen LogP contribution is -2.26. The lowest BCUT2D eigenvalue weighted by molar-refractivity contribution is 0.400. The van der Waals surface area contributed by atoms with Gasteiger partial charge in [-0.1, -0.05) is 6.92 Å². The van der Waals surface area contributed by atoms with E-state index in [1.54, 1.807) is 0 Å². The number of likely N-dealkylation sites (N-methyl/N-ethyl adjacent to an activating group) is 1. The van der Waals surface area contributed by atoms with Crippen molar-refractivity contribution in [3.05, 3.63) is 24.0 Å². The minimum absolute atomic E-state index is 0.977. The zero-order valence-corrected chi connectivity index (χ0v) is 10.2. The van der Waals surface area contributed by atoms with Crippen LogP contribution in [0.2, 0.25) is 0 Å². The van der Waals surface area contributed by atoms with Gasteiger partial charge in [0.25, 0.3) is 0 Å². The van der Waals surface area contributed by atoms with Crippen molar-refractivity contribution in [3.8, 4) is 0 Å². The second-order valence-electron chi connectivity index (χ2n) is 4.24. The van der Waals surface area contributed by atoms with E-state index in [4.69, 9.17) is 0 Å². The summed E-state index contributed by atoms with van der Waals surface area (Å²) in [6, 6.07) is 2.19. The molecule has 1 heterocycles. The van der Waals surface area contributed by atoms with E-state index in [9.17, 15) is 0 Å². The summed E-state index contributed by atoms with van der Waals surface area (Å²) in [5, 5.41) is 3.43. The normalized spacial score (nSPS) is 11.2. The molecule has 86 valence electrons. The molecule has 0 aliphatic carbocycles. The van der Waals surface area contributed by atoms with Gasteiger partial charge in [-0.25, -0.2) is 0 Å². The number of nitrogens with one attached hydrogen (secondary N) is 1. The van der Waals surface area contributed by atoms with Crippen molar-refractivity contribution in [3.63, 3.8) is 0 Å². The van der Waals surface area contributed by atoms with Crippen LogP contribution in [0.4, 0.5) is 0 Å². The highest BCUT2D eigenvalue weighted by molar-refractivity contribution is 5.09. The Labute approximate surface area is 93.1 Å². The number of nitrogens with zero attached hydrogens (tertiary/aromatic N) is 2. The van der Waals surface area contributed by atoms with Gasteiger partial charge < -0.3 is 14.8 Å². The van der Waals surface area contributed by atoms with Gasteiger partial charge in [-0.2, -0.15) is 0 Å². The summed E-state index contributed by atoms with van der Waals surface area (Å²) in [6.45, 7) is 6.44. The van der Waals surface area contributed by atoms with Crippen LogP contribution in [0.1, 0.15) is 18.9 Å². The predicted molar refractivity (Wildman–Crippen MR) is 65.0 cm³/mol. The molecule has 15 heavy (non-hydrogen) atoms. The number of aromatic nitrogens is 1. The molecule has 1 rings (SSSR count). The molecule has 0 unspecified atom stereocenters. The van der Waals surface area contributed by atoms with E-state index in [0.29, 0.717) is 0 Å². The third kappa shape index (κ3) is 5.00. The van der Waals surface area contributed by atoms with E-state index in [1.807, 2.05) is 0 Å². The van der Waals surface area contributed by atoms with Crippen LogP contribution in [-0.4, -0.2) is 36.7 Å². The maximum atomic E-state index is 3.43. The van der Waals surface area contributed by atoms with Crippen molar-refractivity contribution in [2.24, 2.45) is 0 Å². The third-order valence-corrected chi connectivity index (χ3v) is 2.36. The first-order valence-corrected chi connectivity index (χ1v) is 5.72. The highest BCUT2D eigenvalue weighted by Crippen LogP contribution is 2.01. The molecule has 0 radical (unpaired) electrons. The summed E-state index contributed by atoms with van der Waals surface area (Å²) in [5.74, 6) is 0. The quantitative estimate of drug-likeness (QED) is 0.688. The Morgan fingerprint density at radius 3 is 2.87 bits per heavy atom. The lowest BCUT2D eigenvalue weighted by Gasteiger charge is -2.09. The Morgan fingerprint density at radius 2 is 2.20 bits per heavy atom. The Morgan fingerprint density at radius 1 is 1.40 bits per heavy atom. The number of rotatable bonds is 7. The van der Waals surface area contributed by atoms with Crippen molar-refractivity contribution in [1.82, 2.24) is 14.8 Å². The van der Waals surface area contributed by atoms with Gasteiger partial charge in [0.1, 0.15) is 0 Å². The van der Waals surface area contributed by atoms with E-state index >= 15 is 0 Å². The molecule has 3 nitrogen and oxygen atoms in total. The molecule has 1 N–H and O–H groups in total. The van der Waals surface area contributed by atoms with E-state index in [0.717, 1.165) is 26.2 Å². The highest BCUT2D eigenvalue weighted by atomic mass is 15.1. The van der Waals surface area contributed by atoms with Crippen molar-refractivity contribution in [2.75, 3.05) is 27.2 Å². The van der Waals surface area contributed by atoms with Gasteiger partial charge in [-0.05, 0) is 32.1 Å². The first-order valence-electron chi connectivity index (χ1n) is 5.72. The van der Waals surface area contributed by atoms with Gasteiger partial charge in [0.05, 0.1) is 0 Å². The maximum Gasteiger partial charge on any atom is 0.0221 e. The van der Waals surface area contributed by atoms with Gasteiger partial charge in [0.2, 0.25) is 0 Å². The van der Waals surface area contributed by atoms with Crippen LogP contribution in [0.25, 0.3) is 0 Å². The fourth-order valence-corrected chi connectivity index (χ4v) is 1.53. The summed E-state index contributed by atoms with van der Waals surface area (Å²) in [6.07, 6.45) is 5.58. The average molecular weight is 209 g/mol. The van der Waals surface area contributed by atoms with Crippen molar-refractivity contribution in [1.29, 1.82) is 0 Å². The lowest BCUT2D eigenvalue weighted by atomic mass is 10.3. The van der Waals surface area contributed by atoms with Gasteiger partial charge in [0.15, 0.2) is 0 Å². The topological polar surface area (TPSA) is 20.2 Å². The Balaban J connectivity index is 2.19. The molecule has 0 aromatic carbocycles. The summed E-state index contributed by atoms with van der Waals surface area (Å²) in [7, 11) is 4.19. The summed E-state index contributed by atoms with van der Waals surface area (Å²) < 4.78 is 2.25. The molecule has 1 aromatic rings. The summed E-state index contributed by atoms with van der Waals surface area (Å²) in [4.78, 5) is 2.19. The van der Waals surface area contributed by atoms with Gasteiger partial charge >= 0.3 is 0 Å². The zero-order valence-electron chi connectivity index (χ0n) is 10.2. The van der Waals surface area contributed by atoms with Crippen molar-refractivity contribution in [2.45, 2.75) is 26.4 Å². The van der Waals surface area contributed by atoms with E-state index in [-0.39, 0.29) is 0 Å². The SMILES string of the molecule is CCCn1ccc(CNCCN(C)C)c1. The third-order valence-electron chi connectivity index (χ3n) is 2.36. The fraction of sp³-hybridized carbons (Fsp3) is 0.667. The van der Waals surface area contributed by atoms with Crippen LogP contribution in [0, 0.1) is 0 Å². The van der Waals surface area contributed by atoms with Gasteiger partial charge in [0, 0.05) is 38.6 Å². The smallest absolute Gasteiger partial charge is 0.0221 e. The largest absolute Gasteiger partial charge is 0.354 e. The van der Waals surface area contributed by atoms with Crippen LogP contribution in [0.3, 0.4) is 0 Å². The molecule has 0 atom stereocenters. The molecule has 0 saturated heterocycles. The second-order valence-corrected chi connectivity index (χ2v) is 4.24. The molecule has 0 aliphatic heterocycles. The van der Waals surface area contributed by atoms with Crippen LogP contribution in [0.15, 0.2) is 18.5 Å². The average Bonchev–Trinajstić information content (AvgIpc) is 2.61. The number of aryl methyl sites for hydroxylation is 1. The molecule has 0 bridgehead atoms. The molecule has 0 saturated carbocycles. The highest BCUT2D eigenvalue weighted by Gasteiger charge is 1.96. The Kier molecular flexibility index (Phi) is 5.43. The van der Waals surface area contributed by atoms with E-state index in [1.165, 1.54) is 12.0 Å². The maximum absolute atomic E-state index is 3.43. The predicted octanol–water partition coefficient (Wildman–Crippen LogP) is 1.55. The zero-order chi connectivity index (χ0) is 11.1. The molecule has 0 spiro atoms. The minimum Gasteiger partial charge on any atom is -0.354 e. The monoisotopic (exact) mass is 209 g/mol. The standard InChI is InChI=1S/C12H23N3/c1-4-7-15-8-5-12(11-15)10-13-6-9-14(2)3/h5,8,11,13H,4,6-7,9-10H2,1-3H3. The van der Waals surface area contributed by atoms with Gasteiger partial charge in [-0.3, -0.25) is 0 Å². The van der Waals surface area contributed by atoms with Crippen LogP contribution < -0.4 is 5.32 Å². The Hall–Kier alpha value is -0.800. The van der Waals surface area contributed by atoms with Crippen LogP contribution in [0.5, 0.6) is 0 Å².